The number of nitrogens with one attached hydrogen (secondary N) is 1. The Labute approximate surface area is 158 Å². The summed E-state index contributed by atoms with van der Waals surface area (Å²) in [5.41, 5.74) is 3.74. The molecule has 0 spiro atoms. The topological polar surface area (TPSA) is 45.2 Å². The number of anilines is 2. The van der Waals surface area contributed by atoms with Gasteiger partial charge in [-0.3, -0.25) is 4.79 Å². The zero-order valence-electron chi connectivity index (χ0n) is 14.8. The second-order valence-electron chi connectivity index (χ2n) is 5.99. The third-order valence-corrected chi connectivity index (χ3v) is 4.94. The van der Waals surface area contributed by atoms with Crippen LogP contribution in [0.3, 0.4) is 0 Å². The van der Waals surface area contributed by atoms with Crippen molar-refractivity contribution in [2.45, 2.75) is 10.8 Å². The number of nitrogens with zero attached hydrogens (tertiary/aromatic N) is 2. The lowest BCUT2D eigenvalue weighted by atomic mass is 10.2. The highest BCUT2D eigenvalue weighted by Crippen LogP contribution is 2.29. The number of rotatable bonds is 6. The van der Waals surface area contributed by atoms with Crippen molar-refractivity contribution in [2.24, 2.45) is 0 Å². The average molecular weight is 363 g/mol. The average Bonchev–Trinajstić information content (AvgIpc) is 2.67. The van der Waals surface area contributed by atoms with Gasteiger partial charge in [0.15, 0.2) is 0 Å². The molecule has 0 saturated carbocycles. The minimum absolute atomic E-state index is 0.146. The van der Waals surface area contributed by atoms with E-state index in [1.807, 2.05) is 62.6 Å². The van der Waals surface area contributed by atoms with E-state index in [1.54, 1.807) is 24.0 Å². The molecule has 3 aromatic rings. The highest BCUT2D eigenvalue weighted by molar-refractivity contribution is 7.98. The van der Waals surface area contributed by atoms with E-state index in [9.17, 15) is 4.79 Å². The molecule has 0 aliphatic carbocycles. The summed E-state index contributed by atoms with van der Waals surface area (Å²) in [6.07, 6.45) is 1.72. The maximum atomic E-state index is 12.6. The molecule has 4 nitrogen and oxygen atoms in total. The zero-order chi connectivity index (χ0) is 18.4. The van der Waals surface area contributed by atoms with Crippen LogP contribution < -0.4 is 10.2 Å². The second kappa shape index (κ2) is 8.54. The maximum absolute atomic E-state index is 12.6. The Balaban J connectivity index is 1.77. The van der Waals surface area contributed by atoms with E-state index >= 15 is 0 Å². The molecule has 0 bridgehead atoms. The number of pyridine rings is 1. The first-order valence-electron chi connectivity index (χ1n) is 8.34. The zero-order valence-corrected chi connectivity index (χ0v) is 15.7. The SMILES string of the molecule is CN(C)c1ccccc1CSc1ncccc1C(=O)Nc1ccccc1. The third kappa shape index (κ3) is 4.43. The van der Waals surface area contributed by atoms with Gasteiger partial charge in [0.05, 0.1) is 5.56 Å². The lowest BCUT2D eigenvalue weighted by Crippen LogP contribution is -2.13. The number of aromatic nitrogens is 1. The van der Waals surface area contributed by atoms with Crippen LogP contribution in [0.5, 0.6) is 0 Å². The first kappa shape index (κ1) is 18.0. The van der Waals surface area contributed by atoms with Crippen LogP contribution in [-0.2, 0) is 5.75 Å². The van der Waals surface area contributed by atoms with Crippen molar-refractivity contribution in [1.82, 2.24) is 4.98 Å². The highest BCUT2D eigenvalue weighted by Gasteiger charge is 2.14. The predicted octanol–water partition coefficient (Wildman–Crippen LogP) is 4.69. The summed E-state index contributed by atoms with van der Waals surface area (Å²) in [6.45, 7) is 0. The fraction of sp³-hybridized carbons (Fsp3) is 0.143. The molecular weight excluding hydrogens is 342 g/mol. The number of benzene rings is 2. The Morgan fingerprint density at radius 1 is 1.00 bits per heavy atom. The Bertz CT molecular complexity index is 881. The fourth-order valence-electron chi connectivity index (χ4n) is 2.61. The van der Waals surface area contributed by atoms with Crippen molar-refractivity contribution in [3.05, 3.63) is 84.1 Å². The summed E-state index contributed by atoms with van der Waals surface area (Å²) in [6, 6.07) is 21.3. The van der Waals surface area contributed by atoms with Gasteiger partial charge in [0.2, 0.25) is 0 Å². The van der Waals surface area contributed by atoms with E-state index < -0.39 is 0 Å². The molecule has 2 aromatic carbocycles. The Hall–Kier alpha value is -2.79. The quantitative estimate of drug-likeness (QED) is 0.645. The number of hydrogen-bond acceptors (Lipinski definition) is 4. The molecule has 0 fully saturated rings. The molecule has 1 aromatic heterocycles. The first-order valence-corrected chi connectivity index (χ1v) is 9.33. The van der Waals surface area contributed by atoms with E-state index in [0.717, 1.165) is 16.5 Å². The standard InChI is InChI=1S/C21H21N3OS/c1-24(2)19-13-7-6-9-16(19)15-26-21-18(12-8-14-22-21)20(25)23-17-10-4-3-5-11-17/h3-14H,15H2,1-2H3,(H,23,25). The lowest BCUT2D eigenvalue weighted by Gasteiger charge is -2.17. The van der Waals surface area contributed by atoms with Gasteiger partial charge in [-0.2, -0.15) is 0 Å². The smallest absolute Gasteiger partial charge is 0.258 e. The van der Waals surface area contributed by atoms with Gasteiger partial charge in [-0.1, -0.05) is 36.4 Å². The molecule has 132 valence electrons. The van der Waals surface area contributed by atoms with Crippen molar-refractivity contribution >= 4 is 29.0 Å². The van der Waals surface area contributed by atoms with E-state index in [1.165, 1.54) is 11.3 Å². The van der Waals surface area contributed by atoms with Crippen LogP contribution in [0.2, 0.25) is 0 Å². The Kier molecular flexibility index (Phi) is 5.92. The Morgan fingerprint density at radius 3 is 2.50 bits per heavy atom. The van der Waals surface area contributed by atoms with Crippen LogP contribution in [0.25, 0.3) is 0 Å². The molecule has 1 heterocycles. The van der Waals surface area contributed by atoms with Gasteiger partial charge in [0.1, 0.15) is 5.03 Å². The van der Waals surface area contributed by atoms with Gasteiger partial charge >= 0.3 is 0 Å². The second-order valence-corrected chi connectivity index (χ2v) is 6.95. The van der Waals surface area contributed by atoms with Crippen LogP contribution in [0.1, 0.15) is 15.9 Å². The molecule has 0 atom stereocenters. The predicted molar refractivity (Wildman–Crippen MR) is 109 cm³/mol. The molecule has 3 rings (SSSR count). The van der Waals surface area contributed by atoms with Crippen molar-refractivity contribution in [1.29, 1.82) is 0 Å². The number of thioether (sulfide) groups is 1. The molecule has 1 amide bonds. The van der Waals surface area contributed by atoms with Gasteiger partial charge < -0.3 is 10.2 Å². The van der Waals surface area contributed by atoms with Gasteiger partial charge in [-0.05, 0) is 35.9 Å². The van der Waals surface area contributed by atoms with Crippen LogP contribution in [0.15, 0.2) is 78.0 Å². The summed E-state index contributed by atoms with van der Waals surface area (Å²) in [5.74, 6) is 0.601. The molecule has 0 unspecified atom stereocenters. The van der Waals surface area contributed by atoms with Crippen molar-refractivity contribution < 1.29 is 4.79 Å². The van der Waals surface area contributed by atoms with E-state index in [4.69, 9.17) is 0 Å². The molecule has 0 aliphatic rings. The van der Waals surface area contributed by atoms with Crippen LogP contribution in [-0.4, -0.2) is 25.0 Å². The molecule has 0 aliphatic heterocycles. The summed E-state index contributed by atoms with van der Waals surface area (Å²) in [5, 5.41) is 3.66. The minimum atomic E-state index is -0.146. The molecule has 1 N–H and O–H groups in total. The first-order chi connectivity index (χ1) is 12.6. The minimum Gasteiger partial charge on any atom is -0.377 e. The number of hydrogen-bond donors (Lipinski definition) is 1. The van der Waals surface area contributed by atoms with Gasteiger partial charge in [0.25, 0.3) is 5.91 Å². The molecule has 0 saturated heterocycles. The lowest BCUT2D eigenvalue weighted by molar-refractivity contribution is 0.102. The van der Waals surface area contributed by atoms with E-state index in [2.05, 4.69) is 27.3 Å². The fourth-order valence-corrected chi connectivity index (χ4v) is 3.60. The largest absolute Gasteiger partial charge is 0.377 e. The summed E-state index contributed by atoms with van der Waals surface area (Å²) in [4.78, 5) is 19.2. The number of para-hydroxylation sites is 2. The van der Waals surface area contributed by atoms with Crippen LogP contribution in [0.4, 0.5) is 11.4 Å². The molecule has 26 heavy (non-hydrogen) atoms. The highest BCUT2D eigenvalue weighted by atomic mass is 32.2. The molecule has 5 heteroatoms. The summed E-state index contributed by atoms with van der Waals surface area (Å²) < 4.78 is 0. The molecule has 0 radical (unpaired) electrons. The maximum Gasteiger partial charge on any atom is 0.258 e. The van der Waals surface area contributed by atoms with Crippen LogP contribution >= 0.6 is 11.8 Å². The van der Waals surface area contributed by atoms with Gasteiger partial charge in [-0.25, -0.2) is 4.98 Å². The van der Waals surface area contributed by atoms with Crippen LogP contribution in [0, 0.1) is 0 Å². The van der Waals surface area contributed by atoms with E-state index in [-0.39, 0.29) is 5.91 Å². The number of carbonyl (C=O) groups excluding carboxylic acids is 1. The monoisotopic (exact) mass is 363 g/mol. The number of carbonyl (C=O) groups is 1. The normalized spacial score (nSPS) is 10.4. The third-order valence-electron chi connectivity index (χ3n) is 3.89. The van der Waals surface area contributed by atoms with Crippen molar-refractivity contribution in [3.63, 3.8) is 0 Å². The summed E-state index contributed by atoms with van der Waals surface area (Å²) in [7, 11) is 4.06. The van der Waals surface area contributed by atoms with E-state index in [0.29, 0.717) is 5.56 Å². The van der Waals surface area contributed by atoms with Crippen molar-refractivity contribution in [3.8, 4) is 0 Å². The Morgan fingerprint density at radius 2 is 1.73 bits per heavy atom. The number of amides is 1. The molecular formula is C21H21N3OS. The van der Waals surface area contributed by atoms with Gasteiger partial charge in [-0.15, -0.1) is 11.8 Å². The van der Waals surface area contributed by atoms with Gasteiger partial charge in [0, 0.05) is 37.4 Å². The summed E-state index contributed by atoms with van der Waals surface area (Å²) >= 11 is 1.57. The van der Waals surface area contributed by atoms with Crippen molar-refractivity contribution in [2.75, 3.05) is 24.3 Å².